The summed E-state index contributed by atoms with van der Waals surface area (Å²) in [6, 6.07) is 10.7. The second-order valence-electron chi connectivity index (χ2n) is 4.14. The van der Waals surface area contributed by atoms with Crippen molar-refractivity contribution >= 4 is 17.6 Å². The Hall–Kier alpha value is -2.76. The van der Waals surface area contributed by atoms with Crippen LogP contribution in [0.2, 0.25) is 0 Å². The number of carboxylic acid groups (broad SMARTS) is 1. The SMILES string of the molecule is O=C(O)CC[n+]1ccc(C(=O)Nc2ccccc2)cn1. The van der Waals surface area contributed by atoms with E-state index in [0.717, 1.165) is 0 Å². The third kappa shape index (κ3) is 3.88. The zero-order valence-electron chi connectivity index (χ0n) is 10.7. The molecule has 0 aliphatic heterocycles. The number of nitrogens with zero attached hydrogens (tertiary/aromatic N) is 2. The predicted octanol–water partition coefficient (Wildman–Crippen LogP) is 1.10. The lowest BCUT2D eigenvalue weighted by atomic mass is 10.2. The molecule has 0 aliphatic rings. The summed E-state index contributed by atoms with van der Waals surface area (Å²) >= 11 is 0. The molecule has 1 amide bonds. The average Bonchev–Trinajstić information content (AvgIpc) is 2.46. The minimum Gasteiger partial charge on any atom is -0.481 e. The predicted molar refractivity (Wildman–Crippen MR) is 71.1 cm³/mol. The maximum absolute atomic E-state index is 11.9. The van der Waals surface area contributed by atoms with Gasteiger partial charge in [0, 0.05) is 11.8 Å². The number of aryl methyl sites for hydroxylation is 1. The zero-order valence-corrected chi connectivity index (χ0v) is 10.7. The molecule has 1 aromatic heterocycles. The summed E-state index contributed by atoms with van der Waals surface area (Å²) in [6.07, 6.45) is 3.00. The van der Waals surface area contributed by atoms with Gasteiger partial charge in [0.05, 0.1) is 5.56 Å². The van der Waals surface area contributed by atoms with Crippen molar-refractivity contribution in [3.05, 3.63) is 54.4 Å². The highest BCUT2D eigenvalue weighted by molar-refractivity contribution is 6.03. The molecule has 20 heavy (non-hydrogen) atoms. The van der Waals surface area contributed by atoms with Crippen molar-refractivity contribution in [1.82, 2.24) is 5.10 Å². The van der Waals surface area contributed by atoms with E-state index in [1.807, 2.05) is 18.2 Å². The first-order valence-electron chi connectivity index (χ1n) is 6.09. The first-order valence-corrected chi connectivity index (χ1v) is 6.09. The summed E-state index contributed by atoms with van der Waals surface area (Å²) in [4.78, 5) is 22.4. The molecule has 6 nitrogen and oxygen atoms in total. The second-order valence-corrected chi connectivity index (χ2v) is 4.14. The number of hydrogen-bond acceptors (Lipinski definition) is 3. The van der Waals surface area contributed by atoms with Crippen molar-refractivity contribution in [3.8, 4) is 0 Å². The van der Waals surface area contributed by atoms with E-state index in [0.29, 0.717) is 11.3 Å². The second kappa shape index (κ2) is 6.42. The van der Waals surface area contributed by atoms with Crippen molar-refractivity contribution in [3.63, 3.8) is 0 Å². The van der Waals surface area contributed by atoms with Crippen molar-refractivity contribution in [2.24, 2.45) is 0 Å². The summed E-state index contributed by atoms with van der Waals surface area (Å²) in [5.74, 6) is -1.14. The third-order valence-corrected chi connectivity index (χ3v) is 2.62. The summed E-state index contributed by atoms with van der Waals surface area (Å²) < 4.78 is 1.48. The molecule has 0 unspecified atom stereocenters. The Bertz CT molecular complexity index is 597. The van der Waals surface area contributed by atoms with Crippen LogP contribution in [-0.2, 0) is 11.3 Å². The van der Waals surface area contributed by atoms with Gasteiger partial charge < -0.3 is 10.4 Å². The molecule has 1 aromatic carbocycles. The minimum atomic E-state index is -0.884. The van der Waals surface area contributed by atoms with Gasteiger partial charge in [0.25, 0.3) is 5.91 Å². The number of carboxylic acids is 1. The lowest BCUT2D eigenvalue weighted by Crippen LogP contribution is -2.38. The van der Waals surface area contributed by atoms with Gasteiger partial charge in [-0.3, -0.25) is 9.59 Å². The van der Waals surface area contributed by atoms with E-state index in [2.05, 4.69) is 10.4 Å². The molecule has 102 valence electrons. The molecular weight excluding hydrogens is 258 g/mol. The molecule has 0 bridgehead atoms. The number of nitrogens with one attached hydrogen (secondary N) is 1. The molecule has 0 fully saturated rings. The van der Waals surface area contributed by atoms with E-state index >= 15 is 0 Å². The van der Waals surface area contributed by atoms with E-state index < -0.39 is 5.97 Å². The van der Waals surface area contributed by atoms with Crippen LogP contribution < -0.4 is 10.00 Å². The number of carbonyl (C=O) groups excluding carboxylic acids is 1. The smallest absolute Gasteiger partial charge is 0.309 e. The lowest BCUT2D eigenvalue weighted by molar-refractivity contribution is -0.753. The number of aliphatic carboxylic acids is 1. The van der Waals surface area contributed by atoms with Gasteiger partial charge in [0.15, 0.2) is 12.7 Å². The van der Waals surface area contributed by atoms with Gasteiger partial charge in [-0.2, -0.15) is 0 Å². The number of aromatic nitrogens is 2. The number of rotatable bonds is 5. The highest BCUT2D eigenvalue weighted by Gasteiger charge is 2.11. The Labute approximate surface area is 115 Å². The van der Waals surface area contributed by atoms with E-state index in [1.54, 1.807) is 24.4 Å². The first-order chi connectivity index (χ1) is 9.65. The fourth-order valence-electron chi connectivity index (χ4n) is 1.59. The van der Waals surface area contributed by atoms with Gasteiger partial charge in [0.2, 0.25) is 0 Å². The topological polar surface area (TPSA) is 83.2 Å². The molecule has 0 aliphatic carbocycles. The number of benzene rings is 1. The lowest BCUT2D eigenvalue weighted by Gasteiger charge is -2.03. The molecule has 2 N–H and O–H groups in total. The van der Waals surface area contributed by atoms with E-state index in [1.165, 1.54) is 10.9 Å². The standard InChI is InChI=1S/C14H13N3O3/c18-13(19)7-9-17-8-6-11(10-15-17)14(20)16-12-4-2-1-3-5-12/h1-6,8,10H,7,9H2,(H-,16,18,19,20)/p+1. The van der Waals surface area contributed by atoms with Crippen LogP contribution in [0.5, 0.6) is 0 Å². The van der Waals surface area contributed by atoms with Crippen molar-refractivity contribution < 1.29 is 19.4 Å². The van der Waals surface area contributed by atoms with E-state index in [-0.39, 0.29) is 18.9 Å². The number of hydrogen-bond donors (Lipinski definition) is 2. The van der Waals surface area contributed by atoms with Gasteiger partial charge in [-0.05, 0) is 17.2 Å². The zero-order chi connectivity index (χ0) is 14.4. The van der Waals surface area contributed by atoms with E-state index in [4.69, 9.17) is 5.11 Å². The van der Waals surface area contributed by atoms with Gasteiger partial charge in [-0.1, -0.05) is 22.9 Å². The van der Waals surface area contributed by atoms with Crippen LogP contribution in [0.3, 0.4) is 0 Å². The van der Waals surface area contributed by atoms with Crippen LogP contribution in [0.25, 0.3) is 0 Å². The van der Waals surface area contributed by atoms with Gasteiger partial charge in [-0.25, -0.2) is 0 Å². The first kappa shape index (κ1) is 13.7. The highest BCUT2D eigenvalue weighted by Crippen LogP contribution is 2.07. The number of para-hydroxylation sites is 1. The number of carbonyl (C=O) groups is 2. The molecule has 2 aromatic rings. The maximum atomic E-state index is 11.9. The molecule has 6 heteroatoms. The van der Waals surface area contributed by atoms with Crippen LogP contribution in [0.1, 0.15) is 16.8 Å². The molecule has 0 saturated carbocycles. The van der Waals surface area contributed by atoms with Gasteiger partial charge in [0.1, 0.15) is 12.6 Å². The fourth-order valence-corrected chi connectivity index (χ4v) is 1.59. The fraction of sp³-hybridized carbons (Fsp3) is 0.143. The number of amides is 1. The van der Waals surface area contributed by atoms with Crippen LogP contribution in [0.4, 0.5) is 5.69 Å². The van der Waals surface area contributed by atoms with Gasteiger partial charge in [-0.15, -0.1) is 0 Å². The quantitative estimate of drug-likeness (QED) is 0.798. The Kier molecular flexibility index (Phi) is 4.39. The third-order valence-electron chi connectivity index (χ3n) is 2.62. The summed E-state index contributed by atoms with van der Waals surface area (Å²) in [5.41, 5.74) is 1.13. The molecular formula is C14H14N3O3+. The highest BCUT2D eigenvalue weighted by atomic mass is 16.4. The van der Waals surface area contributed by atoms with Crippen molar-refractivity contribution in [1.29, 1.82) is 0 Å². The monoisotopic (exact) mass is 272 g/mol. The van der Waals surface area contributed by atoms with E-state index in [9.17, 15) is 9.59 Å². The molecule has 2 rings (SSSR count). The summed E-state index contributed by atoms with van der Waals surface area (Å²) in [6.45, 7) is 0.274. The summed E-state index contributed by atoms with van der Waals surface area (Å²) in [7, 11) is 0. The normalized spacial score (nSPS) is 10.0. The average molecular weight is 272 g/mol. The maximum Gasteiger partial charge on any atom is 0.309 e. The van der Waals surface area contributed by atoms with Crippen LogP contribution in [0, 0.1) is 0 Å². The van der Waals surface area contributed by atoms with Crippen molar-refractivity contribution in [2.45, 2.75) is 13.0 Å². The molecule has 0 radical (unpaired) electrons. The summed E-state index contributed by atoms with van der Waals surface area (Å²) in [5, 5.41) is 15.3. The largest absolute Gasteiger partial charge is 0.481 e. The van der Waals surface area contributed by atoms with Crippen LogP contribution in [-0.4, -0.2) is 22.1 Å². The Balaban J connectivity index is 1.99. The van der Waals surface area contributed by atoms with Crippen LogP contribution in [0.15, 0.2) is 48.8 Å². The molecule has 0 spiro atoms. The molecule has 0 atom stereocenters. The molecule has 1 heterocycles. The Morgan fingerprint density at radius 3 is 2.55 bits per heavy atom. The number of anilines is 1. The van der Waals surface area contributed by atoms with Crippen LogP contribution >= 0.6 is 0 Å². The van der Waals surface area contributed by atoms with Crippen molar-refractivity contribution in [2.75, 3.05) is 5.32 Å². The Morgan fingerprint density at radius 2 is 1.95 bits per heavy atom. The van der Waals surface area contributed by atoms with Gasteiger partial charge >= 0.3 is 5.97 Å². The molecule has 0 saturated heterocycles. The Morgan fingerprint density at radius 1 is 1.20 bits per heavy atom. The minimum absolute atomic E-state index is 0.00672.